The van der Waals surface area contributed by atoms with Crippen molar-refractivity contribution in [3.05, 3.63) is 52.9 Å². The number of benzene rings is 1. The molecule has 2 N–H and O–H groups in total. The topological polar surface area (TPSA) is 100 Å². The van der Waals surface area contributed by atoms with Crippen LogP contribution in [0.3, 0.4) is 0 Å². The minimum absolute atomic E-state index is 0.0148. The minimum Gasteiger partial charge on any atom is -0.391 e. The Morgan fingerprint density at radius 1 is 1.35 bits per heavy atom. The number of aryl methyl sites for hydroxylation is 2. The largest absolute Gasteiger partial charge is 0.391 e. The number of hydrogen-bond acceptors (Lipinski definition) is 7. The molecule has 1 aliphatic carbocycles. The van der Waals surface area contributed by atoms with Crippen molar-refractivity contribution in [2.45, 2.75) is 63.8 Å². The highest BCUT2D eigenvalue weighted by atomic mass is 16.7. The molecule has 1 aromatic carbocycles. The number of carbonyl (C=O) groups excluding carboxylic acids is 1. The van der Waals surface area contributed by atoms with Crippen LogP contribution in [0.4, 0.5) is 0 Å². The van der Waals surface area contributed by atoms with E-state index in [9.17, 15) is 9.90 Å². The summed E-state index contributed by atoms with van der Waals surface area (Å²) in [6, 6.07) is 9.59. The SMILES string of the molecule is Cc1cc(C(C(=O)N2CC(O)CC2C2=NC3(CCc4ccccc43)ON2)C(C)C)on1. The summed E-state index contributed by atoms with van der Waals surface area (Å²) < 4.78 is 5.44. The predicted molar refractivity (Wildman–Crippen MR) is 113 cm³/mol. The predicted octanol–water partition coefficient (Wildman–Crippen LogP) is 2.42. The second kappa shape index (κ2) is 7.46. The third kappa shape index (κ3) is 3.34. The van der Waals surface area contributed by atoms with Crippen molar-refractivity contribution in [2.75, 3.05) is 6.54 Å². The number of rotatable bonds is 4. The summed E-state index contributed by atoms with van der Waals surface area (Å²) >= 11 is 0. The molecule has 0 bridgehead atoms. The Morgan fingerprint density at radius 2 is 2.16 bits per heavy atom. The van der Waals surface area contributed by atoms with Crippen LogP contribution < -0.4 is 5.48 Å². The number of hydroxylamine groups is 1. The zero-order chi connectivity index (χ0) is 21.8. The first kappa shape index (κ1) is 20.2. The third-order valence-electron chi connectivity index (χ3n) is 6.56. The average molecular weight is 425 g/mol. The molecule has 8 heteroatoms. The summed E-state index contributed by atoms with van der Waals surface area (Å²) in [5.41, 5.74) is 5.27. The first-order valence-corrected chi connectivity index (χ1v) is 10.9. The van der Waals surface area contributed by atoms with Crippen molar-refractivity contribution in [2.24, 2.45) is 10.9 Å². The van der Waals surface area contributed by atoms with Gasteiger partial charge in [0.15, 0.2) is 0 Å². The molecule has 2 aliphatic heterocycles. The summed E-state index contributed by atoms with van der Waals surface area (Å²) in [4.78, 5) is 26.3. The van der Waals surface area contributed by atoms with E-state index in [1.165, 1.54) is 5.56 Å². The number of nitrogens with zero attached hydrogens (tertiary/aromatic N) is 3. The lowest BCUT2D eigenvalue weighted by atomic mass is 9.91. The summed E-state index contributed by atoms with van der Waals surface area (Å²) in [5.74, 6) is 0.596. The molecule has 4 unspecified atom stereocenters. The van der Waals surface area contributed by atoms with Crippen LogP contribution in [0.1, 0.15) is 55.2 Å². The number of amides is 1. The van der Waals surface area contributed by atoms with E-state index in [2.05, 4.69) is 16.7 Å². The molecular weight excluding hydrogens is 396 g/mol. The zero-order valence-electron chi connectivity index (χ0n) is 18.0. The molecule has 1 fully saturated rings. The molecular formula is C23H28N4O4. The van der Waals surface area contributed by atoms with Gasteiger partial charge in [-0.2, -0.15) is 0 Å². The highest BCUT2D eigenvalue weighted by molar-refractivity contribution is 5.94. The molecule has 1 aromatic heterocycles. The maximum Gasteiger partial charge on any atom is 0.234 e. The van der Waals surface area contributed by atoms with E-state index < -0.39 is 17.7 Å². The van der Waals surface area contributed by atoms with Gasteiger partial charge in [0.25, 0.3) is 0 Å². The number of likely N-dealkylation sites (tertiary alicyclic amines) is 1. The van der Waals surface area contributed by atoms with Gasteiger partial charge < -0.3 is 14.5 Å². The second-order valence-corrected chi connectivity index (χ2v) is 9.13. The van der Waals surface area contributed by atoms with Crippen molar-refractivity contribution < 1.29 is 19.3 Å². The molecule has 5 rings (SSSR count). The summed E-state index contributed by atoms with van der Waals surface area (Å²) in [6.45, 7) is 6.07. The standard InChI is InChI=1S/C23H28N4O4/c1-13(2)20(19-10-14(3)25-30-19)22(29)27-12-16(28)11-18(27)21-24-23(31-26-21)9-8-15-6-4-5-7-17(15)23/h4-7,10,13,16,18,20,28H,8-9,11-12H2,1-3H3,(H,24,26). The summed E-state index contributed by atoms with van der Waals surface area (Å²) in [7, 11) is 0. The van der Waals surface area contributed by atoms with Crippen molar-refractivity contribution in [3.63, 3.8) is 0 Å². The van der Waals surface area contributed by atoms with Crippen molar-refractivity contribution in [1.82, 2.24) is 15.5 Å². The fourth-order valence-electron chi connectivity index (χ4n) is 5.06. The summed E-state index contributed by atoms with van der Waals surface area (Å²) in [6.07, 6.45) is 1.44. The Morgan fingerprint density at radius 3 is 2.90 bits per heavy atom. The van der Waals surface area contributed by atoms with Crippen molar-refractivity contribution >= 4 is 11.7 Å². The Labute approximate surface area is 181 Å². The Hall–Kier alpha value is -2.71. The van der Waals surface area contributed by atoms with Gasteiger partial charge in [0.2, 0.25) is 11.6 Å². The fraction of sp³-hybridized carbons (Fsp3) is 0.522. The maximum absolute atomic E-state index is 13.6. The summed E-state index contributed by atoms with van der Waals surface area (Å²) in [5, 5.41) is 14.4. The lowest BCUT2D eigenvalue weighted by Crippen LogP contribution is -2.46. The van der Waals surface area contributed by atoms with Gasteiger partial charge in [0, 0.05) is 31.0 Å². The first-order chi connectivity index (χ1) is 14.9. The number of hydrogen-bond donors (Lipinski definition) is 2. The Kier molecular flexibility index (Phi) is 4.86. The van der Waals surface area contributed by atoms with Gasteiger partial charge in [-0.05, 0) is 24.8 Å². The first-order valence-electron chi connectivity index (χ1n) is 10.9. The molecule has 3 aliphatic rings. The Bertz CT molecular complexity index is 1030. The van der Waals surface area contributed by atoms with Gasteiger partial charge in [-0.1, -0.05) is 43.3 Å². The molecule has 164 valence electrons. The van der Waals surface area contributed by atoms with Crippen LogP contribution >= 0.6 is 0 Å². The molecule has 0 radical (unpaired) electrons. The highest BCUT2D eigenvalue weighted by Crippen LogP contribution is 2.43. The fourth-order valence-corrected chi connectivity index (χ4v) is 5.06. The van der Waals surface area contributed by atoms with Crippen LogP contribution in [0.25, 0.3) is 0 Å². The number of amidine groups is 1. The highest BCUT2D eigenvalue weighted by Gasteiger charge is 2.49. The number of aliphatic imine (C=N–C) groups is 1. The maximum atomic E-state index is 13.6. The monoisotopic (exact) mass is 424 g/mol. The van der Waals surface area contributed by atoms with Gasteiger partial charge in [0.1, 0.15) is 17.5 Å². The molecule has 8 nitrogen and oxygen atoms in total. The quantitative estimate of drug-likeness (QED) is 0.782. The van der Waals surface area contributed by atoms with Crippen LogP contribution in [0.2, 0.25) is 0 Å². The minimum atomic E-state index is -0.756. The molecule has 4 atom stereocenters. The number of fused-ring (bicyclic) bond motifs is 2. The molecule has 31 heavy (non-hydrogen) atoms. The number of aliphatic hydroxyl groups excluding tert-OH is 1. The smallest absolute Gasteiger partial charge is 0.234 e. The number of aliphatic hydroxyl groups is 1. The average Bonchev–Trinajstić information content (AvgIpc) is 3.51. The number of β-amino-alcohol motifs (C(OH)–C–C–N with tert-alkyl or cyclic N) is 1. The van der Waals surface area contributed by atoms with Crippen LogP contribution in [0.5, 0.6) is 0 Å². The number of nitrogens with one attached hydrogen (secondary N) is 1. The zero-order valence-corrected chi connectivity index (χ0v) is 18.0. The molecule has 0 saturated carbocycles. The Balaban J connectivity index is 1.45. The molecule has 2 aromatic rings. The van der Waals surface area contributed by atoms with Gasteiger partial charge in [-0.25, -0.2) is 15.3 Å². The second-order valence-electron chi connectivity index (χ2n) is 9.13. The molecule has 3 heterocycles. The van der Waals surface area contributed by atoms with Gasteiger partial charge in [-0.15, -0.1) is 0 Å². The van der Waals surface area contributed by atoms with E-state index in [1.54, 1.807) is 4.90 Å². The van der Waals surface area contributed by atoms with E-state index in [0.717, 1.165) is 24.1 Å². The van der Waals surface area contributed by atoms with E-state index >= 15 is 0 Å². The van der Waals surface area contributed by atoms with Crippen molar-refractivity contribution in [1.29, 1.82) is 0 Å². The third-order valence-corrected chi connectivity index (χ3v) is 6.56. The lowest BCUT2D eigenvalue weighted by Gasteiger charge is -2.29. The van der Waals surface area contributed by atoms with E-state index in [1.807, 2.05) is 45.0 Å². The lowest BCUT2D eigenvalue weighted by molar-refractivity contribution is -0.134. The van der Waals surface area contributed by atoms with Gasteiger partial charge in [0.05, 0.1) is 17.8 Å². The van der Waals surface area contributed by atoms with E-state index in [4.69, 9.17) is 14.4 Å². The molecule has 1 amide bonds. The number of aromatic nitrogens is 1. The van der Waals surface area contributed by atoms with Crippen molar-refractivity contribution in [3.8, 4) is 0 Å². The normalized spacial score (nSPS) is 28.2. The van der Waals surface area contributed by atoms with E-state index in [-0.39, 0.29) is 24.4 Å². The van der Waals surface area contributed by atoms with E-state index in [0.29, 0.717) is 18.0 Å². The molecule has 1 spiro atoms. The van der Waals surface area contributed by atoms with Crippen LogP contribution in [0, 0.1) is 12.8 Å². The number of carbonyl (C=O) groups is 1. The van der Waals surface area contributed by atoms with Crippen LogP contribution in [-0.4, -0.2) is 45.6 Å². The molecule has 1 saturated heterocycles. The van der Waals surface area contributed by atoms with Crippen LogP contribution in [-0.2, 0) is 21.8 Å². The van der Waals surface area contributed by atoms with Gasteiger partial charge in [-0.3, -0.25) is 4.79 Å². The van der Waals surface area contributed by atoms with Gasteiger partial charge >= 0.3 is 0 Å². The van der Waals surface area contributed by atoms with Crippen LogP contribution in [0.15, 0.2) is 39.8 Å².